The lowest BCUT2D eigenvalue weighted by atomic mass is 10.1. The molecule has 2 rings (SSSR count). The van der Waals surface area contributed by atoms with Crippen molar-refractivity contribution in [3.8, 4) is 0 Å². The second-order valence-electron chi connectivity index (χ2n) is 3.18. The van der Waals surface area contributed by atoms with E-state index in [-0.39, 0.29) is 17.0 Å². The fourth-order valence-electron chi connectivity index (χ4n) is 1.57. The van der Waals surface area contributed by atoms with Gasteiger partial charge in [0.05, 0.1) is 12.1 Å². The van der Waals surface area contributed by atoms with E-state index in [9.17, 15) is 9.59 Å². The Morgan fingerprint density at radius 3 is 3.00 bits per heavy atom. The normalized spacial score (nSPS) is 29.8. The van der Waals surface area contributed by atoms with Crippen LogP contribution in [0.3, 0.4) is 0 Å². The lowest BCUT2D eigenvalue weighted by molar-refractivity contribution is -0.149. The van der Waals surface area contributed by atoms with Crippen LogP contribution in [0.1, 0.15) is 0 Å². The Hall–Kier alpha value is -0.720. The van der Waals surface area contributed by atoms with Gasteiger partial charge in [0.15, 0.2) is 0 Å². The van der Waals surface area contributed by atoms with Gasteiger partial charge in [-0.25, -0.2) is 4.79 Å². The van der Waals surface area contributed by atoms with Crippen LogP contribution in [-0.4, -0.2) is 41.1 Å². The van der Waals surface area contributed by atoms with Gasteiger partial charge in [-0.05, 0) is 0 Å². The number of ether oxygens (including phenoxy) is 1. The van der Waals surface area contributed by atoms with Crippen LogP contribution in [0, 0.1) is 0 Å². The third kappa shape index (κ3) is 1.44. The van der Waals surface area contributed by atoms with E-state index in [1.54, 1.807) is 0 Å². The zero-order valence-electron chi connectivity index (χ0n) is 7.90. The number of halogens is 1. The standard InChI is InChI=1S/C8H9ClN2O3S/c1-14-8(13)5-3(9)2-15-7-4(10)6(12)11(5)7/h4,7H,2,10H2,1H3/t4?,7-/m0/s1. The number of amides is 1. The zero-order valence-corrected chi connectivity index (χ0v) is 9.47. The summed E-state index contributed by atoms with van der Waals surface area (Å²) in [4.78, 5) is 24.2. The molecule has 0 spiro atoms. The van der Waals surface area contributed by atoms with Crippen molar-refractivity contribution < 1.29 is 14.3 Å². The molecule has 0 aromatic carbocycles. The number of carbonyl (C=O) groups is 2. The Labute approximate surface area is 95.6 Å². The number of nitrogens with two attached hydrogens (primary N) is 1. The molecule has 0 aromatic heterocycles. The maximum atomic E-state index is 11.5. The molecule has 0 bridgehead atoms. The largest absolute Gasteiger partial charge is 0.464 e. The predicted molar refractivity (Wildman–Crippen MR) is 56.0 cm³/mol. The monoisotopic (exact) mass is 248 g/mol. The van der Waals surface area contributed by atoms with Crippen molar-refractivity contribution >= 4 is 35.2 Å². The fourth-order valence-corrected chi connectivity index (χ4v) is 3.06. The number of carbonyl (C=O) groups excluding carboxylic acids is 2. The number of hydrogen-bond donors (Lipinski definition) is 1. The van der Waals surface area contributed by atoms with Crippen LogP contribution in [0.15, 0.2) is 10.7 Å². The quantitative estimate of drug-likeness (QED) is 0.516. The number of rotatable bonds is 1. The summed E-state index contributed by atoms with van der Waals surface area (Å²) in [5.41, 5.74) is 5.73. The van der Waals surface area contributed by atoms with E-state index in [1.807, 2.05) is 0 Å². The van der Waals surface area contributed by atoms with Crippen molar-refractivity contribution in [2.75, 3.05) is 12.9 Å². The van der Waals surface area contributed by atoms with Gasteiger partial charge in [0.2, 0.25) is 5.91 Å². The van der Waals surface area contributed by atoms with Crippen LogP contribution in [-0.2, 0) is 14.3 Å². The summed E-state index contributed by atoms with van der Waals surface area (Å²) >= 11 is 7.33. The van der Waals surface area contributed by atoms with E-state index in [2.05, 4.69) is 4.74 Å². The first-order valence-electron chi connectivity index (χ1n) is 4.25. The SMILES string of the molecule is COC(=O)C1=C(Cl)CS[C@H]2C(N)C(=O)N12. The van der Waals surface area contributed by atoms with E-state index in [1.165, 1.54) is 23.8 Å². The van der Waals surface area contributed by atoms with Gasteiger partial charge in [-0.3, -0.25) is 9.69 Å². The average Bonchev–Trinajstić information content (AvgIpc) is 2.26. The van der Waals surface area contributed by atoms with Gasteiger partial charge < -0.3 is 10.5 Å². The molecule has 2 atom stereocenters. The molecule has 2 heterocycles. The van der Waals surface area contributed by atoms with Gasteiger partial charge in [0, 0.05) is 5.75 Å². The Balaban J connectivity index is 2.33. The number of fused-ring (bicyclic) bond motifs is 1. The summed E-state index contributed by atoms with van der Waals surface area (Å²) in [5, 5.41) is 0.150. The summed E-state index contributed by atoms with van der Waals surface area (Å²) in [5.74, 6) is -0.398. The molecule has 82 valence electrons. The van der Waals surface area contributed by atoms with Crippen LogP contribution in [0.5, 0.6) is 0 Å². The van der Waals surface area contributed by atoms with Crippen LogP contribution in [0.2, 0.25) is 0 Å². The first-order chi connectivity index (χ1) is 7.07. The van der Waals surface area contributed by atoms with Crippen LogP contribution < -0.4 is 5.73 Å². The van der Waals surface area contributed by atoms with Gasteiger partial charge in [0.1, 0.15) is 17.1 Å². The van der Waals surface area contributed by atoms with Gasteiger partial charge in [-0.2, -0.15) is 0 Å². The summed E-state index contributed by atoms with van der Waals surface area (Å²) in [6, 6.07) is -0.542. The molecule has 1 unspecified atom stereocenters. The molecule has 1 fully saturated rings. The molecule has 1 saturated heterocycles. The highest BCUT2D eigenvalue weighted by atomic mass is 35.5. The topological polar surface area (TPSA) is 72.6 Å². The maximum absolute atomic E-state index is 11.5. The number of thioether (sulfide) groups is 1. The van der Waals surface area contributed by atoms with Crippen molar-refractivity contribution in [1.82, 2.24) is 4.90 Å². The molecule has 0 aromatic rings. The molecule has 0 radical (unpaired) electrons. The number of β-lactam (4-membered cyclic amide) rings is 1. The third-order valence-electron chi connectivity index (χ3n) is 2.34. The minimum atomic E-state index is -0.592. The third-order valence-corrected chi connectivity index (χ3v) is 4.11. The molecule has 7 heteroatoms. The van der Waals surface area contributed by atoms with Crippen LogP contribution in [0.4, 0.5) is 0 Å². The maximum Gasteiger partial charge on any atom is 0.356 e. The van der Waals surface area contributed by atoms with Crippen LogP contribution in [0.25, 0.3) is 0 Å². The number of nitrogens with zero attached hydrogens (tertiary/aromatic N) is 1. The van der Waals surface area contributed by atoms with Crippen molar-refractivity contribution in [3.63, 3.8) is 0 Å². The summed E-state index contributed by atoms with van der Waals surface area (Å²) in [6.45, 7) is 0. The van der Waals surface area contributed by atoms with Crippen molar-refractivity contribution in [2.24, 2.45) is 5.73 Å². The summed E-state index contributed by atoms with van der Waals surface area (Å²) in [7, 11) is 1.25. The molecule has 2 aliphatic heterocycles. The average molecular weight is 249 g/mol. The van der Waals surface area contributed by atoms with Crippen LogP contribution >= 0.6 is 23.4 Å². The molecule has 1 amide bonds. The van der Waals surface area contributed by atoms with E-state index >= 15 is 0 Å². The first kappa shape index (κ1) is 10.8. The molecule has 2 N–H and O–H groups in total. The minimum Gasteiger partial charge on any atom is -0.464 e. The molecular weight excluding hydrogens is 240 g/mol. The van der Waals surface area contributed by atoms with Crippen molar-refractivity contribution in [2.45, 2.75) is 11.4 Å². The number of methoxy groups -OCH3 is 1. The fraction of sp³-hybridized carbons (Fsp3) is 0.500. The first-order valence-corrected chi connectivity index (χ1v) is 5.68. The molecule has 0 aliphatic carbocycles. The number of hydrogen-bond acceptors (Lipinski definition) is 5. The Kier molecular flexibility index (Phi) is 2.66. The Morgan fingerprint density at radius 1 is 1.73 bits per heavy atom. The van der Waals surface area contributed by atoms with Crippen molar-refractivity contribution in [1.29, 1.82) is 0 Å². The lowest BCUT2D eigenvalue weighted by Gasteiger charge is -2.47. The highest BCUT2D eigenvalue weighted by molar-refractivity contribution is 8.00. The van der Waals surface area contributed by atoms with E-state index in [4.69, 9.17) is 17.3 Å². The van der Waals surface area contributed by atoms with Crippen molar-refractivity contribution in [3.05, 3.63) is 10.7 Å². The van der Waals surface area contributed by atoms with Gasteiger partial charge in [0.25, 0.3) is 0 Å². The minimum absolute atomic E-state index is 0.134. The zero-order chi connectivity index (χ0) is 11.2. The second kappa shape index (κ2) is 3.70. The Bertz CT molecular complexity index is 371. The summed E-state index contributed by atoms with van der Waals surface area (Å²) in [6.07, 6.45) is 0. The van der Waals surface area contributed by atoms with E-state index < -0.39 is 12.0 Å². The molecule has 2 aliphatic rings. The van der Waals surface area contributed by atoms with Gasteiger partial charge >= 0.3 is 5.97 Å². The molecule has 0 saturated carbocycles. The highest BCUT2D eigenvalue weighted by Gasteiger charge is 2.51. The predicted octanol–water partition coefficient (Wildman–Crippen LogP) is -0.148. The summed E-state index contributed by atoms with van der Waals surface area (Å²) < 4.78 is 4.57. The van der Waals surface area contributed by atoms with E-state index in [0.717, 1.165) is 0 Å². The smallest absolute Gasteiger partial charge is 0.356 e. The van der Waals surface area contributed by atoms with E-state index in [0.29, 0.717) is 10.8 Å². The molecular formula is C8H9ClN2O3S. The van der Waals surface area contributed by atoms with Gasteiger partial charge in [-0.1, -0.05) is 11.6 Å². The molecule has 15 heavy (non-hydrogen) atoms. The highest BCUT2D eigenvalue weighted by Crippen LogP contribution is 2.40. The lowest BCUT2D eigenvalue weighted by Crippen LogP contribution is -2.68. The number of esters is 1. The van der Waals surface area contributed by atoms with Gasteiger partial charge in [-0.15, -0.1) is 11.8 Å². The Morgan fingerprint density at radius 2 is 2.40 bits per heavy atom. The molecule has 5 nitrogen and oxygen atoms in total. The second-order valence-corrected chi connectivity index (χ2v) is 4.74.